The normalized spacial score (nSPS) is 10.2. The SMILES string of the molecule is CCCc1cccc(-c2ccccc2)c1OC(=O)O. The Balaban J connectivity index is 2.53. The van der Waals surface area contributed by atoms with Crippen molar-refractivity contribution >= 4 is 6.16 Å². The lowest BCUT2D eigenvalue weighted by Gasteiger charge is -2.13. The third-order valence-electron chi connectivity index (χ3n) is 2.89. The molecular weight excluding hydrogens is 240 g/mol. The van der Waals surface area contributed by atoms with Crippen LogP contribution >= 0.6 is 0 Å². The summed E-state index contributed by atoms with van der Waals surface area (Å²) in [7, 11) is 0. The second-order valence-electron chi connectivity index (χ2n) is 4.28. The number of carbonyl (C=O) groups is 1. The van der Waals surface area contributed by atoms with Gasteiger partial charge < -0.3 is 9.84 Å². The van der Waals surface area contributed by atoms with Crippen LogP contribution in [-0.4, -0.2) is 11.3 Å². The second kappa shape index (κ2) is 6.05. The Bertz CT molecular complexity index is 561. The Morgan fingerprint density at radius 3 is 2.47 bits per heavy atom. The minimum Gasteiger partial charge on any atom is -0.449 e. The fraction of sp³-hybridized carbons (Fsp3) is 0.188. The van der Waals surface area contributed by atoms with Crippen molar-refractivity contribution in [1.82, 2.24) is 0 Å². The summed E-state index contributed by atoms with van der Waals surface area (Å²) in [6.07, 6.45) is 0.457. The molecule has 0 aliphatic rings. The number of hydrogen-bond acceptors (Lipinski definition) is 2. The Kier molecular flexibility index (Phi) is 4.18. The van der Waals surface area contributed by atoms with Gasteiger partial charge in [0.15, 0.2) is 0 Å². The highest BCUT2D eigenvalue weighted by Gasteiger charge is 2.14. The molecule has 0 saturated heterocycles. The maximum absolute atomic E-state index is 10.9. The first-order valence-corrected chi connectivity index (χ1v) is 6.30. The van der Waals surface area contributed by atoms with Gasteiger partial charge in [0.05, 0.1) is 0 Å². The van der Waals surface area contributed by atoms with Crippen molar-refractivity contribution < 1.29 is 14.6 Å². The monoisotopic (exact) mass is 256 g/mol. The number of hydrogen-bond donors (Lipinski definition) is 1. The smallest absolute Gasteiger partial charge is 0.449 e. The molecule has 2 rings (SSSR count). The second-order valence-corrected chi connectivity index (χ2v) is 4.28. The predicted octanol–water partition coefficient (Wildman–Crippen LogP) is 4.36. The van der Waals surface area contributed by atoms with E-state index in [1.807, 2.05) is 48.5 Å². The summed E-state index contributed by atoms with van der Waals surface area (Å²) in [5.74, 6) is 0.447. The first-order chi connectivity index (χ1) is 9.22. The van der Waals surface area contributed by atoms with E-state index in [1.165, 1.54) is 0 Å². The lowest BCUT2D eigenvalue weighted by molar-refractivity contribution is 0.144. The molecule has 2 aromatic carbocycles. The van der Waals surface area contributed by atoms with Crippen molar-refractivity contribution in [1.29, 1.82) is 0 Å². The van der Waals surface area contributed by atoms with Crippen LogP contribution < -0.4 is 4.74 Å². The molecule has 0 aromatic heterocycles. The third kappa shape index (κ3) is 3.13. The van der Waals surface area contributed by atoms with Crippen molar-refractivity contribution in [2.75, 3.05) is 0 Å². The van der Waals surface area contributed by atoms with Gasteiger partial charge in [0.1, 0.15) is 5.75 Å². The van der Waals surface area contributed by atoms with Gasteiger partial charge >= 0.3 is 6.16 Å². The quantitative estimate of drug-likeness (QED) is 0.653. The molecule has 1 N–H and O–H groups in total. The molecule has 2 aromatic rings. The van der Waals surface area contributed by atoms with Gasteiger partial charge in [-0.1, -0.05) is 61.9 Å². The highest BCUT2D eigenvalue weighted by molar-refractivity contribution is 5.75. The lowest BCUT2D eigenvalue weighted by Crippen LogP contribution is -2.06. The molecule has 0 spiro atoms. The van der Waals surface area contributed by atoms with Gasteiger partial charge in [-0.05, 0) is 17.5 Å². The summed E-state index contributed by atoms with van der Waals surface area (Å²) >= 11 is 0. The van der Waals surface area contributed by atoms with Crippen LogP contribution in [0.5, 0.6) is 5.75 Å². The molecule has 0 aliphatic carbocycles. The van der Waals surface area contributed by atoms with Crippen molar-refractivity contribution in [3.63, 3.8) is 0 Å². The molecule has 0 saturated carbocycles. The molecule has 0 heterocycles. The highest BCUT2D eigenvalue weighted by Crippen LogP contribution is 2.34. The summed E-state index contributed by atoms with van der Waals surface area (Å²) in [4.78, 5) is 10.9. The van der Waals surface area contributed by atoms with Gasteiger partial charge in [0, 0.05) is 5.56 Å². The molecular formula is C16H16O3. The molecule has 3 nitrogen and oxygen atoms in total. The zero-order valence-corrected chi connectivity index (χ0v) is 10.8. The van der Waals surface area contributed by atoms with Gasteiger partial charge in [0.2, 0.25) is 0 Å². The van der Waals surface area contributed by atoms with E-state index >= 15 is 0 Å². The molecule has 0 fully saturated rings. The Labute approximate surface area is 112 Å². The predicted molar refractivity (Wildman–Crippen MR) is 74.5 cm³/mol. The average Bonchev–Trinajstić information content (AvgIpc) is 2.41. The van der Waals surface area contributed by atoms with Crippen LogP contribution in [0.15, 0.2) is 48.5 Å². The average molecular weight is 256 g/mol. The van der Waals surface area contributed by atoms with E-state index in [9.17, 15) is 4.79 Å². The molecule has 0 bridgehead atoms. The lowest BCUT2D eigenvalue weighted by atomic mass is 9.99. The van der Waals surface area contributed by atoms with Crippen LogP contribution in [0.1, 0.15) is 18.9 Å². The molecule has 0 aliphatic heterocycles. The van der Waals surface area contributed by atoms with E-state index in [1.54, 1.807) is 0 Å². The van der Waals surface area contributed by atoms with E-state index in [0.29, 0.717) is 5.75 Å². The van der Waals surface area contributed by atoms with Crippen LogP contribution in [0.3, 0.4) is 0 Å². The van der Waals surface area contributed by atoms with Gasteiger partial charge in [-0.2, -0.15) is 0 Å². The number of para-hydroxylation sites is 1. The van der Waals surface area contributed by atoms with Crippen LogP contribution in [0.2, 0.25) is 0 Å². The minimum absolute atomic E-state index is 0.447. The molecule has 0 atom stereocenters. The van der Waals surface area contributed by atoms with E-state index < -0.39 is 6.16 Å². The summed E-state index contributed by atoms with van der Waals surface area (Å²) in [5, 5.41) is 8.91. The minimum atomic E-state index is -1.28. The van der Waals surface area contributed by atoms with Gasteiger partial charge in [-0.3, -0.25) is 0 Å². The van der Waals surface area contributed by atoms with Crippen molar-refractivity contribution in [2.45, 2.75) is 19.8 Å². The molecule has 3 heteroatoms. The number of rotatable bonds is 4. The number of benzene rings is 2. The van der Waals surface area contributed by atoms with Crippen LogP contribution in [0, 0.1) is 0 Å². The zero-order valence-electron chi connectivity index (χ0n) is 10.8. The van der Waals surface area contributed by atoms with E-state index in [2.05, 4.69) is 6.92 Å². The maximum atomic E-state index is 10.9. The highest BCUT2D eigenvalue weighted by atomic mass is 16.7. The van der Waals surface area contributed by atoms with Gasteiger partial charge in [0.25, 0.3) is 0 Å². The molecule has 98 valence electrons. The van der Waals surface area contributed by atoms with E-state index in [4.69, 9.17) is 9.84 Å². The molecule has 19 heavy (non-hydrogen) atoms. The topological polar surface area (TPSA) is 46.5 Å². The molecule has 0 amide bonds. The largest absolute Gasteiger partial charge is 0.511 e. The Hall–Kier alpha value is -2.29. The summed E-state index contributed by atoms with van der Waals surface area (Å²) in [6.45, 7) is 2.06. The van der Waals surface area contributed by atoms with Gasteiger partial charge in [-0.15, -0.1) is 0 Å². The van der Waals surface area contributed by atoms with Crippen LogP contribution in [0.4, 0.5) is 4.79 Å². The number of carboxylic acid groups (broad SMARTS) is 1. The fourth-order valence-corrected chi connectivity index (χ4v) is 2.10. The van der Waals surface area contributed by atoms with Crippen LogP contribution in [-0.2, 0) is 6.42 Å². The summed E-state index contributed by atoms with van der Waals surface area (Å²) in [6, 6.07) is 15.4. The maximum Gasteiger partial charge on any atom is 0.511 e. The number of ether oxygens (including phenoxy) is 1. The fourth-order valence-electron chi connectivity index (χ4n) is 2.10. The van der Waals surface area contributed by atoms with Crippen LogP contribution in [0.25, 0.3) is 11.1 Å². The van der Waals surface area contributed by atoms with E-state index in [-0.39, 0.29) is 0 Å². The van der Waals surface area contributed by atoms with Gasteiger partial charge in [-0.25, -0.2) is 4.79 Å². The van der Waals surface area contributed by atoms with Crippen molar-refractivity contribution in [2.24, 2.45) is 0 Å². The third-order valence-corrected chi connectivity index (χ3v) is 2.89. The number of aryl methyl sites for hydroxylation is 1. The first kappa shape index (κ1) is 13.1. The Morgan fingerprint density at radius 2 is 1.84 bits per heavy atom. The van der Waals surface area contributed by atoms with Crippen molar-refractivity contribution in [3.8, 4) is 16.9 Å². The standard InChI is InChI=1S/C16H16O3/c1-2-7-13-10-6-11-14(15(13)19-16(17)18)12-8-4-3-5-9-12/h3-6,8-11H,2,7H2,1H3,(H,17,18). The van der Waals surface area contributed by atoms with E-state index in [0.717, 1.165) is 29.5 Å². The van der Waals surface area contributed by atoms with Crippen molar-refractivity contribution in [3.05, 3.63) is 54.1 Å². The molecule has 0 unspecified atom stereocenters. The molecule has 0 radical (unpaired) electrons. The first-order valence-electron chi connectivity index (χ1n) is 6.30. The zero-order chi connectivity index (χ0) is 13.7. The Morgan fingerprint density at radius 1 is 1.11 bits per heavy atom. The summed E-state index contributed by atoms with van der Waals surface area (Å²) in [5.41, 5.74) is 2.69. The summed E-state index contributed by atoms with van der Waals surface area (Å²) < 4.78 is 5.00.